The average Bonchev–Trinajstić information content (AvgIpc) is 3.42. The molecule has 5 rings (SSSR count). The van der Waals surface area contributed by atoms with Crippen molar-refractivity contribution in [1.29, 1.82) is 0 Å². The van der Waals surface area contributed by atoms with Crippen molar-refractivity contribution in [2.45, 2.75) is 31.5 Å². The molecule has 20 nitrogen and oxygen atoms in total. The number of phosphoric ester groups is 2. The highest BCUT2D eigenvalue weighted by atomic mass is 31.3. The summed E-state index contributed by atoms with van der Waals surface area (Å²) in [4.78, 5) is 53.1. The van der Waals surface area contributed by atoms with Crippen LogP contribution >= 0.6 is 23.5 Å². The van der Waals surface area contributed by atoms with Crippen molar-refractivity contribution in [1.82, 2.24) is 19.5 Å². The number of nitrogens with zero attached hydrogens (tertiary/aromatic N) is 4. The van der Waals surface area contributed by atoms with Gasteiger partial charge in [0.05, 0.1) is 12.9 Å². The first-order valence-corrected chi connectivity index (χ1v) is 16.3. The summed E-state index contributed by atoms with van der Waals surface area (Å²) in [6, 6.07) is 4.77. The summed E-state index contributed by atoms with van der Waals surface area (Å²) in [5.74, 6) is -0.403. The second-order valence-corrected chi connectivity index (χ2v) is 13.6. The molecule has 0 amide bonds. The van der Waals surface area contributed by atoms with E-state index in [0.29, 0.717) is 10.9 Å². The summed E-state index contributed by atoms with van der Waals surface area (Å²) < 4.78 is 66.1. The fourth-order valence-electron chi connectivity index (χ4n) is 4.13. The zero-order valence-corrected chi connectivity index (χ0v) is 24.2. The number of imidazole rings is 1. The van der Waals surface area contributed by atoms with Gasteiger partial charge in [-0.25, -0.2) is 33.4 Å². The van der Waals surface area contributed by atoms with Crippen LogP contribution in [0.25, 0.3) is 22.1 Å². The summed E-state index contributed by atoms with van der Waals surface area (Å²) in [5.41, 5.74) is 5.82. The van der Waals surface area contributed by atoms with Crippen LogP contribution in [0.4, 0.5) is 5.82 Å². The number of rotatable bonds is 10. The molecule has 3 aromatic heterocycles. The lowest BCUT2D eigenvalue weighted by molar-refractivity contribution is -0.0503. The molecule has 1 aliphatic heterocycles. The van der Waals surface area contributed by atoms with Gasteiger partial charge in [-0.3, -0.25) is 14.0 Å². The van der Waals surface area contributed by atoms with Gasteiger partial charge in [-0.15, -0.1) is 0 Å². The van der Waals surface area contributed by atoms with Crippen LogP contribution in [-0.2, 0) is 31.6 Å². The Labute approximate surface area is 239 Å². The third-order valence-corrected chi connectivity index (χ3v) is 10.2. The quantitative estimate of drug-likeness (QED) is 0.101. The van der Waals surface area contributed by atoms with E-state index in [2.05, 4.69) is 32.6 Å². The first-order chi connectivity index (χ1) is 20.0. The number of phosphoric acid groups is 3. The Morgan fingerprint density at radius 2 is 1.72 bits per heavy atom. The first-order valence-electron chi connectivity index (χ1n) is 11.8. The molecule has 232 valence electrons. The molecule has 1 aromatic carbocycles. The molecule has 7 N–H and O–H groups in total. The van der Waals surface area contributed by atoms with Crippen molar-refractivity contribution in [3.05, 3.63) is 52.9 Å². The molecule has 7 atom stereocenters. The monoisotopic (exact) mass is 665 g/mol. The van der Waals surface area contributed by atoms with Crippen LogP contribution in [0.2, 0.25) is 0 Å². The number of hydrogen-bond acceptors (Lipinski definition) is 16. The van der Waals surface area contributed by atoms with Crippen LogP contribution in [-0.4, -0.2) is 69.3 Å². The highest BCUT2D eigenvalue weighted by Gasteiger charge is 2.47. The third-order valence-electron chi connectivity index (χ3n) is 5.96. The number of fused-ring (bicyclic) bond motifs is 2. The number of nitrogen functional groups attached to an aromatic ring is 1. The number of aromatic nitrogens is 4. The van der Waals surface area contributed by atoms with E-state index in [9.17, 15) is 43.4 Å². The van der Waals surface area contributed by atoms with Crippen molar-refractivity contribution in [3.63, 3.8) is 0 Å². The third kappa shape index (κ3) is 6.86. The van der Waals surface area contributed by atoms with E-state index in [4.69, 9.17) is 14.9 Å². The van der Waals surface area contributed by atoms with Crippen LogP contribution in [0.3, 0.4) is 0 Å². The molecule has 1 fully saturated rings. The largest absolute Gasteiger partial charge is 0.536 e. The summed E-state index contributed by atoms with van der Waals surface area (Å²) >= 11 is 0. The maximum atomic E-state index is 12.4. The fraction of sp³-hybridized carbons (Fsp3) is 0.300. The Balaban J connectivity index is 1.21. The molecule has 0 aliphatic carbocycles. The minimum atomic E-state index is -5.85. The van der Waals surface area contributed by atoms with Gasteiger partial charge in [0.2, 0.25) is 0 Å². The second-order valence-electron chi connectivity index (χ2n) is 8.99. The van der Waals surface area contributed by atoms with E-state index in [1.165, 1.54) is 23.0 Å². The van der Waals surface area contributed by atoms with Gasteiger partial charge >= 0.3 is 29.1 Å². The zero-order valence-electron chi connectivity index (χ0n) is 21.5. The smallest absolute Gasteiger partial charge is 0.423 e. The summed E-state index contributed by atoms with van der Waals surface area (Å²) in [7, 11) is -16.9. The van der Waals surface area contributed by atoms with Crippen molar-refractivity contribution in [3.8, 4) is 5.75 Å². The number of aliphatic hydroxyl groups excluding tert-OH is 2. The molecule has 0 saturated carbocycles. The van der Waals surface area contributed by atoms with Crippen LogP contribution in [0.5, 0.6) is 5.75 Å². The molecule has 43 heavy (non-hydrogen) atoms. The minimum absolute atomic E-state index is 0.0317. The van der Waals surface area contributed by atoms with Gasteiger partial charge < -0.3 is 39.4 Å². The molecular formula is C20H22N5O15P3. The van der Waals surface area contributed by atoms with Gasteiger partial charge in [-0.2, -0.15) is 8.62 Å². The van der Waals surface area contributed by atoms with Crippen molar-refractivity contribution in [2.24, 2.45) is 0 Å². The molecule has 0 spiro atoms. The Morgan fingerprint density at radius 3 is 2.47 bits per heavy atom. The molecule has 1 aliphatic rings. The Bertz CT molecular complexity index is 1900. The highest BCUT2D eigenvalue weighted by Crippen LogP contribution is 2.67. The number of aryl methyl sites for hydroxylation is 1. The van der Waals surface area contributed by atoms with Crippen molar-refractivity contribution in [2.75, 3.05) is 12.3 Å². The van der Waals surface area contributed by atoms with Crippen molar-refractivity contribution >= 4 is 51.4 Å². The molecule has 4 heterocycles. The van der Waals surface area contributed by atoms with Gasteiger partial charge in [0.15, 0.2) is 17.7 Å². The van der Waals surface area contributed by atoms with Crippen LogP contribution < -0.4 is 15.9 Å². The molecule has 1 saturated heterocycles. The summed E-state index contributed by atoms with van der Waals surface area (Å²) in [6.07, 6.45) is -3.83. The van der Waals surface area contributed by atoms with Crippen molar-refractivity contribution < 1.29 is 65.4 Å². The second kappa shape index (κ2) is 11.4. The molecule has 4 aromatic rings. The number of nitrogens with two attached hydrogens (primary N) is 1. The van der Waals surface area contributed by atoms with Crippen LogP contribution in [0.15, 0.2) is 46.1 Å². The number of benzene rings is 1. The summed E-state index contributed by atoms with van der Waals surface area (Å²) in [5, 5.41) is 21.3. The predicted octanol–water partition coefficient (Wildman–Crippen LogP) is 0.873. The molecule has 23 heteroatoms. The molecule has 3 unspecified atom stereocenters. The number of ether oxygens (including phenoxy) is 1. The van der Waals surface area contributed by atoms with Gasteiger partial charge in [0, 0.05) is 17.5 Å². The lowest BCUT2D eigenvalue weighted by Gasteiger charge is -2.20. The Hall–Kier alpha value is -3.09. The van der Waals surface area contributed by atoms with Gasteiger partial charge in [-0.05, 0) is 24.6 Å². The van der Waals surface area contributed by atoms with Crippen LogP contribution in [0, 0.1) is 6.92 Å². The van der Waals surface area contributed by atoms with E-state index in [-0.39, 0.29) is 22.6 Å². The maximum absolute atomic E-state index is 12.4. The Morgan fingerprint density at radius 1 is 1.00 bits per heavy atom. The first kappa shape index (κ1) is 31.3. The molecular weight excluding hydrogens is 643 g/mol. The number of anilines is 1. The van der Waals surface area contributed by atoms with E-state index in [1.54, 1.807) is 6.92 Å². The maximum Gasteiger partial charge on any atom is 0.536 e. The lowest BCUT2D eigenvalue weighted by atomic mass is 10.1. The average molecular weight is 665 g/mol. The number of hydrogen-bond donors (Lipinski definition) is 6. The normalized spacial score (nSPS) is 24.9. The highest BCUT2D eigenvalue weighted by molar-refractivity contribution is 7.67. The van der Waals surface area contributed by atoms with Gasteiger partial charge in [0.25, 0.3) is 0 Å². The SMILES string of the molecule is Cc1cc(=O)oc2cc(OP(=O)(O)OP(=O)(O)OP(=O)(O)OC[C@H]3O[C@@H](n4cnc5c(N)ncnc54)[C@H](O)[C@@H]3O)ccc12. The fourth-order valence-corrected chi connectivity index (χ4v) is 7.64. The van der Waals surface area contributed by atoms with E-state index < -0.39 is 66.0 Å². The minimum Gasteiger partial charge on any atom is -0.423 e. The van der Waals surface area contributed by atoms with Gasteiger partial charge in [-0.1, -0.05) is 0 Å². The van der Waals surface area contributed by atoms with E-state index in [1.807, 2.05) is 0 Å². The Kier molecular flexibility index (Phi) is 8.34. The van der Waals surface area contributed by atoms with Crippen LogP contribution in [0.1, 0.15) is 11.8 Å². The predicted molar refractivity (Wildman–Crippen MR) is 141 cm³/mol. The zero-order chi connectivity index (χ0) is 31.3. The standard InChI is InChI=1S/C20H22N5O15P3/c1-9-4-14(26)36-12-5-10(2-3-11(9)12)38-42(31,32)40-43(33,34)39-41(29,30)35-6-13-16(27)17(28)20(37-13)25-8-24-15-18(21)22-7-23-19(15)25/h2-5,7-8,13,16-17,20,27-28H,6H2,1H3,(H,29,30)(H,31,32)(H,33,34)(H2,21,22,23)/t13-,16-,17-,20-/m1/s1. The van der Waals surface area contributed by atoms with Gasteiger partial charge in [0.1, 0.15) is 41.5 Å². The lowest BCUT2D eigenvalue weighted by Crippen LogP contribution is -2.33. The molecule has 0 bridgehead atoms. The molecule has 0 radical (unpaired) electrons. The van der Waals surface area contributed by atoms with E-state index >= 15 is 0 Å². The summed E-state index contributed by atoms with van der Waals surface area (Å²) in [6.45, 7) is 0.628. The van der Waals surface area contributed by atoms with E-state index in [0.717, 1.165) is 18.5 Å². The number of aliphatic hydroxyl groups is 2. The topological polar surface area (TPSA) is 298 Å².